The Morgan fingerprint density at radius 3 is 0.744 bits per heavy atom. The summed E-state index contributed by atoms with van der Waals surface area (Å²) in [4.78, 5) is 0. The van der Waals surface area contributed by atoms with Gasteiger partial charge in [0.05, 0.1) is 0 Å². The first-order valence-electron chi connectivity index (χ1n) is 17.0. The first-order chi connectivity index (χ1) is 21.1. The van der Waals surface area contributed by atoms with Crippen molar-refractivity contribution in [2.45, 2.75) is 109 Å². The molecule has 0 aliphatic heterocycles. The molecule has 2 nitrogen and oxygen atoms in total. The topological polar surface area (TPSA) is 52.0 Å². The third kappa shape index (κ3) is 13.1. The van der Waals surface area contributed by atoms with Gasteiger partial charge in [0, 0.05) is 11.4 Å². The number of nitrogens with two attached hydrogens (primary N) is 2. The maximum Gasteiger partial charge on any atom is 0.0314 e. The number of nitrogen functional groups attached to an aromatic ring is 2. The third-order valence-electron chi connectivity index (χ3n) is 8.75. The first-order valence-corrected chi connectivity index (χ1v) is 17.0. The van der Waals surface area contributed by atoms with E-state index in [0.29, 0.717) is 0 Å². The Balaban J connectivity index is 0.913. The highest BCUT2D eigenvalue weighted by atomic mass is 14.5. The van der Waals surface area contributed by atoms with Gasteiger partial charge in [-0.1, -0.05) is 143 Å². The number of rotatable bonds is 20. The second kappa shape index (κ2) is 18.9. The monoisotopic (exact) mass is 574 g/mol. The fourth-order valence-corrected chi connectivity index (χ4v) is 5.99. The van der Waals surface area contributed by atoms with Gasteiger partial charge in [-0.25, -0.2) is 0 Å². The van der Waals surface area contributed by atoms with Gasteiger partial charge < -0.3 is 11.5 Å². The van der Waals surface area contributed by atoms with E-state index in [-0.39, 0.29) is 0 Å². The predicted octanol–water partition coefficient (Wildman–Crippen LogP) is 10.9. The maximum absolute atomic E-state index is 5.79. The van der Waals surface area contributed by atoms with E-state index in [2.05, 4.69) is 72.8 Å². The van der Waals surface area contributed by atoms with E-state index in [4.69, 9.17) is 11.5 Å². The number of aryl methyl sites for hydroxylation is 2. The Morgan fingerprint density at radius 1 is 0.256 bits per heavy atom. The largest absolute Gasteiger partial charge is 0.399 e. The highest BCUT2D eigenvalue weighted by Crippen LogP contribution is 2.18. The van der Waals surface area contributed by atoms with Crippen molar-refractivity contribution in [3.05, 3.63) is 130 Å². The molecule has 0 amide bonds. The lowest BCUT2D eigenvalue weighted by atomic mass is 10.00. The quantitative estimate of drug-likeness (QED) is 0.0814. The van der Waals surface area contributed by atoms with E-state index in [1.165, 1.54) is 130 Å². The number of hydrogen-bond acceptors (Lipinski definition) is 2. The molecule has 0 fully saturated rings. The molecular weight excluding hydrogens is 520 g/mol. The normalized spacial score (nSPS) is 11.2. The average Bonchev–Trinajstić information content (AvgIpc) is 3.03. The summed E-state index contributed by atoms with van der Waals surface area (Å²) in [6.07, 6.45) is 22.4. The minimum Gasteiger partial charge on any atom is -0.399 e. The summed E-state index contributed by atoms with van der Waals surface area (Å²) < 4.78 is 0. The van der Waals surface area contributed by atoms with Crippen molar-refractivity contribution in [3.8, 4) is 0 Å². The summed E-state index contributed by atoms with van der Waals surface area (Å²) in [6.45, 7) is 0. The lowest BCUT2D eigenvalue weighted by Crippen LogP contribution is -1.91. The van der Waals surface area contributed by atoms with E-state index in [1.54, 1.807) is 0 Å². The summed E-state index contributed by atoms with van der Waals surface area (Å²) in [5.41, 5.74) is 21.6. The Labute approximate surface area is 261 Å². The molecule has 0 bridgehead atoms. The molecule has 0 atom stereocenters. The molecule has 0 saturated heterocycles. The van der Waals surface area contributed by atoms with Crippen molar-refractivity contribution in [3.63, 3.8) is 0 Å². The zero-order valence-electron chi connectivity index (χ0n) is 26.4. The molecule has 43 heavy (non-hydrogen) atoms. The summed E-state index contributed by atoms with van der Waals surface area (Å²) in [5, 5.41) is 0. The fourth-order valence-electron chi connectivity index (χ4n) is 5.99. The van der Waals surface area contributed by atoms with E-state index < -0.39 is 0 Å². The Morgan fingerprint density at radius 2 is 0.465 bits per heavy atom. The van der Waals surface area contributed by atoms with Crippen LogP contribution in [0.5, 0.6) is 0 Å². The van der Waals surface area contributed by atoms with E-state index >= 15 is 0 Å². The van der Waals surface area contributed by atoms with Crippen molar-refractivity contribution in [2.24, 2.45) is 0 Å². The van der Waals surface area contributed by atoms with Crippen LogP contribution in [-0.2, 0) is 25.7 Å². The van der Waals surface area contributed by atoms with Crippen LogP contribution >= 0.6 is 0 Å². The molecule has 0 aliphatic carbocycles. The number of unbranched alkanes of at least 4 members (excludes halogenated alkanes) is 12. The highest BCUT2D eigenvalue weighted by Gasteiger charge is 2.01. The average molecular weight is 575 g/mol. The van der Waals surface area contributed by atoms with E-state index in [1.807, 2.05) is 24.3 Å². The van der Waals surface area contributed by atoms with Gasteiger partial charge in [0.15, 0.2) is 0 Å². The minimum atomic E-state index is 0.831. The molecule has 0 heterocycles. The second-order valence-corrected chi connectivity index (χ2v) is 12.6. The lowest BCUT2D eigenvalue weighted by molar-refractivity contribution is 0.536. The molecule has 0 saturated carbocycles. The van der Waals surface area contributed by atoms with Gasteiger partial charge in [0.2, 0.25) is 0 Å². The van der Waals surface area contributed by atoms with Gasteiger partial charge in [-0.05, 0) is 96.2 Å². The minimum absolute atomic E-state index is 0.831. The molecule has 4 rings (SSSR count). The molecule has 4 aromatic rings. The van der Waals surface area contributed by atoms with Gasteiger partial charge in [-0.15, -0.1) is 0 Å². The van der Waals surface area contributed by atoms with Crippen LogP contribution in [0.4, 0.5) is 11.4 Å². The molecule has 228 valence electrons. The zero-order valence-corrected chi connectivity index (χ0v) is 26.4. The first kappa shape index (κ1) is 32.4. The molecular formula is C41H54N2. The molecule has 0 radical (unpaired) electrons. The van der Waals surface area contributed by atoms with Crippen LogP contribution in [0.25, 0.3) is 0 Å². The number of hydrogen-bond donors (Lipinski definition) is 2. The Kier molecular flexibility index (Phi) is 14.2. The lowest BCUT2D eigenvalue weighted by Gasteiger charge is -2.06. The summed E-state index contributed by atoms with van der Waals surface area (Å²) in [6, 6.07) is 34.9. The zero-order chi connectivity index (χ0) is 30.0. The molecule has 4 N–H and O–H groups in total. The smallest absolute Gasteiger partial charge is 0.0314 e. The predicted molar refractivity (Wildman–Crippen MR) is 188 cm³/mol. The van der Waals surface area contributed by atoms with Crippen LogP contribution < -0.4 is 11.5 Å². The SMILES string of the molecule is Nc1ccc(Cc2ccc(CCCCCCCCCCCCCCCc3ccc(Cc4ccc(N)cc4)cc3)cc2)cc1. The molecule has 2 heteroatoms. The van der Waals surface area contributed by atoms with Gasteiger partial charge >= 0.3 is 0 Å². The van der Waals surface area contributed by atoms with Crippen LogP contribution in [0.3, 0.4) is 0 Å². The fraction of sp³-hybridized carbons (Fsp3) is 0.415. The van der Waals surface area contributed by atoms with Crippen LogP contribution in [0, 0.1) is 0 Å². The Bertz CT molecular complexity index is 1170. The number of anilines is 2. The van der Waals surface area contributed by atoms with Crippen molar-refractivity contribution in [1.29, 1.82) is 0 Å². The standard InChI is InChI=1S/C41H54N2/c42-40-28-24-38(25-29-40)32-36-20-16-34(17-21-36)14-12-10-8-6-4-2-1-3-5-7-9-11-13-15-35-18-22-37(23-19-35)33-39-26-30-41(43)31-27-39/h16-31H,1-15,32-33,42-43H2. The van der Waals surface area contributed by atoms with Crippen molar-refractivity contribution >= 4 is 11.4 Å². The van der Waals surface area contributed by atoms with E-state index in [9.17, 15) is 0 Å². The van der Waals surface area contributed by atoms with E-state index in [0.717, 1.165) is 24.2 Å². The van der Waals surface area contributed by atoms with Crippen LogP contribution in [-0.4, -0.2) is 0 Å². The molecule has 0 spiro atoms. The van der Waals surface area contributed by atoms with Crippen molar-refractivity contribution in [1.82, 2.24) is 0 Å². The van der Waals surface area contributed by atoms with Gasteiger partial charge in [-0.2, -0.15) is 0 Å². The van der Waals surface area contributed by atoms with Gasteiger partial charge in [-0.3, -0.25) is 0 Å². The highest BCUT2D eigenvalue weighted by molar-refractivity contribution is 5.41. The van der Waals surface area contributed by atoms with Gasteiger partial charge in [0.1, 0.15) is 0 Å². The van der Waals surface area contributed by atoms with Crippen LogP contribution in [0.1, 0.15) is 117 Å². The Hall–Kier alpha value is -3.52. The van der Waals surface area contributed by atoms with Crippen molar-refractivity contribution in [2.75, 3.05) is 11.5 Å². The molecule has 0 aromatic heterocycles. The van der Waals surface area contributed by atoms with Gasteiger partial charge in [0.25, 0.3) is 0 Å². The third-order valence-corrected chi connectivity index (χ3v) is 8.75. The summed E-state index contributed by atoms with van der Waals surface area (Å²) in [5.74, 6) is 0. The second-order valence-electron chi connectivity index (χ2n) is 12.6. The van der Waals surface area contributed by atoms with Crippen LogP contribution in [0.15, 0.2) is 97.1 Å². The summed E-state index contributed by atoms with van der Waals surface area (Å²) in [7, 11) is 0. The molecule has 0 unspecified atom stereocenters. The van der Waals surface area contributed by atoms with Crippen molar-refractivity contribution < 1.29 is 0 Å². The maximum atomic E-state index is 5.79. The molecule has 0 aliphatic rings. The summed E-state index contributed by atoms with van der Waals surface area (Å²) >= 11 is 0. The molecule has 4 aromatic carbocycles. The number of benzene rings is 4. The van der Waals surface area contributed by atoms with Crippen LogP contribution in [0.2, 0.25) is 0 Å².